The van der Waals surface area contributed by atoms with Crippen LogP contribution in [0.3, 0.4) is 0 Å². The van der Waals surface area contributed by atoms with Crippen molar-refractivity contribution < 1.29 is 14.6 Å². The van der Waals surface area contributed by atoms with Crippen molar-refractivity contribution in [3.8, 4) is 0 Å². The number of amides is 1. The van der Waals surface area contributed by atoms with Gasteiger partial charge in [0.15, 0.2) is 5.16 Å². The molecule has 1 aliphatic heterocycles. The van der Waals surface area contributed by atoms with Crippen molar-refractivity contribution in [2.75, 3.05) is 19.3 Å². The van der Waals surface area contributed by atoms with Crippen LogP contribution in [0.25, 0.3) is 0 Å². The molecule has 2 unspecified atom stereocenters. The van der Waals surface area contributed by atoms with Crippen LogP contribution in [-0.4, -0.2) is 57.1 Å². The van der Waals surface area contributed by atoms with Crippen molar-refractivity contribution in [1.29, 1.82) is 0 Å². The Kier molecular flexibility index (Phi) is 5.28. The molecule has 6 nitrogen and oxygen atoms in total. The first kappa shape index (κ1) is 17.0. The Balaban J connectivity index is 1.98. The predicted molar refractivity (Wildman–Crippen MR) is 85.0 cm³/mol. The highest BCUT2D eigenvalue weighted by molar-refractivity contribution is 7.98. The van der Waals surface area contributed by atoms with Gasteiger partial charge in [-0.15, -0.1) is 0 Å². The van der Waals surface area contributed by atoms with Crippen LogP contribution < -0.4 is 0 Å². The first-order valence-electron chi connectivity index (χ1n) is 7.32. The summed E-state index contributed by atoms with van der Waals surface area (Å²) >= 11 is 1.48. The van der Waals surface area contributed by atoms with Gasteiger partial charge >= 0.3 is 6.09 Å². The van der Waals surface area contributed by atoms with E-state index >= 15 is 0 Å². The monoisotopic (exact) mass is 325 g/mol. The standard InChI is InChI=1S/C15H23N3O3S/c1-15(2,3)21-14(20)18-6-5-11(12(19)9-18)10-7-16-13(22-4)17-8-10/h7-8,11-12,19H,5-6,9H2,1-4H3. The maximum absolute atomic E-state index is 12.1. The Morgan fingerprint density at radius 2 is 2.05 bits per heavy atom. The number of aromatic nitrogens is 2. The van der Waals surface area contributed by atoms with E-state index < -0.39 is 11.7 Å². The molecule has 1 N–H and O–H groups in total. The third-order valence-electron chi connectivity index (χ3n) is 3.49. The summed E-state index contributed by atoms with van der Waals surface area (Å²) in [5, 5.41) is 11.1. The van der Waals surface area contributed by atoms with Crippen LogP contribution in [0.4, 0.5) is 4.79 Å². The third-order valence-corrected chi connectivity index (χ3v) is 4.07. The number of carbonyl (C=O) groups is 1. The first-order valence-corrected chi connectivity index (χ1v) is 8.54. The number of hydrogen-bond donors (Lipinski definition) is 1. The molecule has 22 heavy (non-hydrogen) atoms. The van der Waals surface area contributed by atoms with Crippen molar-refractivity contribution in [3.05, 3.63) is 18.0 Å². The topological polar surface area (TPSA) is 75.6 Å². The molecule has 0 aliphatic carbocycles. The Morgan fingerprint density at radius 3 is 2.55 bits per heavy atom. The summed E-state index contributed by atoms with van der Waals surface area (Å²) in [6.07, 6.45) is 5.10. The van der Waals surface area contributed by atoms with Gasteiger partial charge in [-0.1, -0.05) is 11.8 Å². The molecule has 0 saturated carbocycles. The van der Waals surface area contributed by atoms with Gasteiger partial charge in [-0.2, -0.15) is 0 Å². The molecule has 1 fully saturated rings. The minimum atomic E-state index is -0.634. The van der Waals surface area contributed by atoms with Crippen LogP contribution >= 0.6 is 11.8 Å². The molecule has 0 bridgehead atoms. The second-order valence-corrected chi connectivity index (χ2v) is 7.17. The molecule has 0 spiro atoms. The Morgan fingerprint density at radius 1 is 1.41 bits per heavy atom. The van der Waals surface area contributed by atoms with E-state index in [0.29, 0.717) is 18.1 Å². The molecule has 2 rings (SSSR count). The lowest BCUT2D eigenvalue weighted by Gasteiger charge is -2.36. The first-order chi connectivity index (χ1) is 10.3. The zero-order valence-electron chi connectivity index (χ0n) is 13.4. The number of hydrogen-bond acceptors (Lipinski definition) is 6. The summed E-state index contributed by atoms with van der Waals surface area (Å²) in [5.41, 5.74) is 0.384. The second kappa shape index (κ2) is 6.83. The number of β-amino-alcohol motifs (C(OH)–C–C–N with tert-alkyl or cyclic N) is 1. The molecule has 1 aromatic heterocycles. The zero-order chi connectivity index (χ0) is 16.3. The van der Waals surface area contributed by atoms with Gasteiger partial charge in [-0.3, -0.25) is 0 Å². The smallest absolute Gasteiger partial charge is 0.410 e. The number of ether oxygens (including phenoxy) is 1. The summed E-state index contributed by atoms with van der Waals surface area (Å²) in [5.74, 6) is -0.0467. The lowest BCUT2D eigenvalue weighted by molar-refractivity contribution is -0.00158. The van der Waals surface area contributed by atoms with Crippen LogP contribution in [0.5, 0.6) is 0 Å². The van der Waals surface area contributed by atoms with E-state index in [1.54, 1.807) is 17.3 Å². The van der Waals surface area contributed by atoms with Crippen LogP contribution in [0.15, 0.2) is 17.6 Å². The summed E-state index contributed by atoms with van der Waals surface area (Å²) < 4.78 is 5.35. The molecule has 0 aromatic carbocycles. The number of piperidine rings is 1. The second-order valence-electron chi connectivity index (χ2n) is 6.39. The minimum Gasteiger partial charge on any atom is -0.444 e. The fourth-order valence-corrected chi connectivity index (χ4v) is 2.75. The molecule has 1 aromatic rings. The van der Waals surface area contributed by atoms with E-state index in [1.165, 1.54) is 11.8 Å². The van der Waals surface area contributed by atoms with Gasteiger partial charge in [0.2, 0.25) is 0 Å². The minimum absolute atomic E-state index is 0.0467. The van der Waals surface area contributed by atoms with E-state index in [2.05, 4.69) is 9.97 Å². The van der Waals surface area contributed by atoms with Gasteiger partial charge in [0.05, 0.1) is 12.6 Å². The molecular formula is C15H23N3O3S. The maximum Gasteiger partial charge on any atom is 0.410 e. The van der Waals surface area contributed by atoms with Gasteiger partial charge in [0.1, 0.15) is 5.60 Å². The largest absolute Gasteiger partial charge is 0.444 e. The number of thioether (sulfide) groups is 1. The normalized spacial score (nSPS) is 22.5. The molecule has 7 heteroatoms. The predicted octanol–water partition coefficient (Wildman–Crippen LogP) is 2.28. The lowest BCUT2D eigenvalue weighted by Crippen LogP contribution is -2.47. The van der Waals surface area contributed by atoms with Crippen molar-refractivity contribution >= 4 is 17.9 Å². The quantitative estimate of drug-likeness (QED) is 0.664. The highest BCUT2D eigenvalue weighted by Crippen LogP contribution is 2.28. The fraction of sp³-hybridized carbons (Fsp3) is 0.667. The van der Waals surface area contributed by atoms with Crippen molar-refractivity contribution in [1.82, 2.24) is 14.9 Å². The molecule has 1 saturated heterocycles. The van der Waals surface area contributed by atoms with E-state index in [4.69, 9.17) is 4.74 Å². The zero-order valence-corrected chi connectivity index (χ0v) is 14.3. The number of nitrogens with zero attached hydrogens (tertiary/aromatic N) is 3. The molecule has 122 valence electrons. The lowest BCUT2D eigenvalue weighted by atomic mass is 9.89. The van der Waals surface area contributed by atoms with Crippen molar-refractivity contribution in [2.24, 2.45) is 0 Å². The molecular weight excluding hydrogens is 302 g/mol. The van der Waals surface area contributed by atoms with Gasteiger partial charge < -0.3 is 14.7 Å². The van der Waals surface area contributed by atoms with Crippen LogP contribution in [0.2, 0.25) is 0 Å². The Bertz CT molecular complexity index is 516. The molecule has 2 heterocycles. The highest BCUT2D eigenvalue weighted by Gasteiger charge is 2.33. The van der Waals surface area contributed by atoms with E-state index in [0.717, 1.165) is 5.56 Å². The van der Waals surface area contributed by atoms with Crippen LogP contribution in [-0.2, 0) is 4.74 Å². The van der Waals surface area contributed by atoms with Gasteiger partial charge in [0, 0.05) is 24.9 Å². The number of aliphatic hydroxyl groups excluding tert-OH is 1. The average molecular weight is 325 g/mol. The summed E-state index contributed by atoms with van der Waals surface area (Å²) in [6, 6.07) is 0. The number of likely N-dealkylation sites (tertiary alicyclic amines) is 1. The highest BCUT2D eigenvalue weighted by atomic mass is 32.2. The Hall–Kier alpha value is -1.34. The summed E-state index contributed by atoms with van der Waals surface area (Å²) in [6.45, 7) is 6.32. The van der Waals surface area contributed by atoms with Crippen LogP contribution in [0.1, 0.15) is 38.7 Å². The van der Waals surface area contributed by atoms with Gasteiger partial charge in [-0.05, 0) is 39.0 Å². The van der Waals surface area contributed by atoms with E-state index in [-0.39, 0.29) is 18.6 Å². The SMILES string of the molecule is CSc1ncc(C2CCN(C(=O)OC(C)(C)C)CC2O)cn1. The van der Waals surface area contributed by atoms with Gasteiger partial charge in [-0.25, -0.2) is 14.8 Å². The summed E-state index contributed by atoms with van der Waals surface area (Å²) in [7, 11) is 0. The van der Waals surface area contributed by atoms with Crippen molar-refractivity contribution in [2.45, 2.75) is 50.0 Å². The molecule has 1 aliphatic rings. The molecule has 2 atom stereocenters. The average Bonchev–Trinajstić information content (AvgIpc) is 2.45. The summed E-state index contributed by atoms with van der Waals surface area (Å²) in [4.78, 5) is 22.1. The number of aliphatic hydroxyl groups is 1. The van der Waals surface area contributed by atoms with Crippen LogP contribution in [0, 0.1) is 0 Å². The van der Waals surface area contributed by atoms with E-state index in [9.17, 15) is 9.90 Å². The Labute approximate surface area is 135 Å². The van der Waals surface area contributed by atoms with E-state index in [1.807, 2.05) is 27.0 Å². The number of carbonyl (C=O) groups excluding carboxylic acids is 1. The molecule has 0 radical (unpaired) electrons. The molecule has 1 amide bonds. The van der Waals surface area contributed by atoms with Gasteiger partial charge in [0.25, 0.3) is 0 Å². The maximum atomic E-state index is 12.1. The van der Waals surface area contributed by atoms with Crippen molar-refractivity contribution in [3.63, 3.8) is 0 Å². The third kappa shape index (κ3) is 4.33. The number of rotatable bonds is 2. The fourth-order valence-electron chi connectivity index (χ4n) is 2.44.